The average Bonchev–Trinajstić information content (AvgIpc) is 3.53. The highest BCUT2D eigenvalue weighted by molar-refractivity contribution is 7.19. The number of alkyl halides is 3. The molecule has 204 valence electrons. The first-order valence-corrected chi connectivity index (χ1v) is 14.6. The van der Waals surface area contributed by atoms with Crippen LogP contribution < -0.4 is 0 Å². The Morgan fingerprint density at radius 3 is 1.97 bits per heavy atom. The fraction of sp³-hybridized carbons (Fsp3) is 0.207. The predicted octanol–water partition coefficient (Wildman–Crippen LogP) is 10.6. The number of aromatic nitrogens is 3. The van der Waals surface area contributed by atoms with Gasteiger partial charge in [-0.05, 0) is 77.1 Å². The van der Waals surface area contributed by atoms with E-state index in [1.807, 2.05) is 55.1 Å². The molecule has 0 aromatic carbocycles. The van der Waals surface area contributed by atoms with Crippen molar-refractivity contribution in [1.29, 1.82) is 0 Å². The lowest BCUT2D eigenvalue weighted by atomic mass is 10.3. The zero-order valence-electron chi connectivity index (χ0n) is 22.0. The summed E-state index contributed by atoms with van der Waals surface area (Å²) in [5.41, 5.74) is -0.461. The van der Waals surface area contributed by atoms with Crippen molar-refractivity contribution in [3.63, 3.8) is 0 Å². The number of thiophene rings is 3. The van der Waals surface area contributed by atoms with Crippen LogP contribution in [-0.2, 0) is 6.18 Å². The van der Waals surface area contributed by atoms with Crippen LogP contribution in [0.1, 0.15) is 30.9 Å². The van der Waals surface area contributed by atoms with Gasteiger partial charge in [0.15, 0.2) is 0 Å². The molecule has 0 aliphatic rings. The van der Waals surface area contributed by atoms with Crippen LogP contribution in [0.2, 0.25) is 5.02 Å². The van der Waals surface area contributed by atoms with Crippen molar-refractivity contribution in [3.05, 3.63) is 109 Å². The first kappa shape index (κ1) is 30.7. The second-order valence-corrected chi connectivity index (χ2v) is 12.8. The van der Waals surface area contributed by atoms with Gasteiger partial charge in [0.2, 0.25) is 0 Å². The maximum atomic E-state index is 11.9. The molecule has 0 saturated heterocycles. The molecule has 0 saturated carbocycles. The van der Waals surface area contributed by atoms with Crippen LogP contribution in [0.5, 0.6) is 0 Å². The summed E-state index contributed by atoms with van der Waals surface area (Å²) < 4.78 is 37.0. The Hall–Kier alpha value is -2.85. The molecule has 6 aromatic rings. The van der Waals surface area contributed by atoms with E-state index in [9.17, 15) is 13.2 Å². The molecule has 0 aliphatic carbocycles. The van der Waals surface area contributed by atoms with Crippen LogP contribution in [-0.4, -0.2) is 15.0 Å². The van der Waals surface area contributed by atoms with Gasteiger partial charge in [0.1, 0.15) is 10.5 Å². The van der Waals surface area contributed by atoms with Gasteiger partial charge < -0.3 is 0 Å². The van der Waals surface area contributed by atoms with Crippen LogP contribution in [0.25, 0.3) is 20.3 Å². The Kier molecular flexibility index (Phi) is 11.0. The summed E-state index contributed by atoms with van der Waals surface area (Å²) in [5.74, 6) is 0. The molecule has 39 heavy (non-hydrogen) atoms. The number of halogens is 4. The van der Waals surface area contributed by atoms with Crippen LogP contribution in [0.15, 0.2) is 73.2 Å². The maximum Gasteiger partial charge on any atom is 0.433 e. The molecule has 0 bridgehead atoms. The number of aryl methyl sites for hydroxylation is 5. The minimum atomic E-state index is -4.33. The molecule has 0 atom stereocenters. The summed E-state index contributed by atoms with van der Waals surface area (Å²) in [6.45, 7) is 9.83. The van der Waals surface area contributed by atoms with E-state index in [0.29, 0.717) is 5.69 Å². The van der Waals surface area contributed by atoms with Crippen molar-refractivity contribution in [3.8, 4) is 0 Å². The second kappa shape index (κ2) is 14.0. The van der Waals surface area contributed by atoms with Gasteiger partial charge in [0.25, 0.3) is 0 Å². The summed E-state index contributed by atoms with van der Waals surface area (Å²) >= 11 is 11.0. The third-order valence-electron chi connectivity index (χ3n) is 5.02. The molecule has 0 spiro atoms. The van der Waals surface area contributed by atoms with Gasteiger partial charge in [0, 0.05) is 59.3 Å². The van der Waals surface area contributed by atoms with E-state index < -0.39 is 11.9 Å². The standard InChI is InChI=1S/2C8H7NS.C7H6F3N.C6H7ClS/c1-6-4-7-5-9-3-2-8(7)10-6;1-6-5-7-3-2-4-9-8(7)10-6;1-5-3-2-4-6(11-5)7(8,9)10;1-4-3-6(7)5(2)8-4/h2*2-5H,1H3;2-4H,1H3;3H,1-2H3. The molecular weight excluding hydrogens is 579 g/mol. The summed E-state index contributed by atoms with van der Waals surface area (Å²) in [7, 11) is 0. The Morgan fingerprint density at radius 1 is 0.744 bits per heavy atom. The van der Waals surface area contributed by atoms with E-state index in [1.54, 1.807) is 22.7 Å². The topological polar surface area (TPSA) is 38.7 Å². The molecule has 6 heterocycles. The maximum absolute atomic E-state index is 11.9. The van der Waals surface area contributed by atoms with Crippen molar-refractivity contribution < 1.29 is 13.2 Å². The van der Waals surface area contributed by atoms with Gasteiger partial charge >= 0.3 is 6.18 Å². The zero-order valence-corrected chi connectivity index (χ0v) is 25.2. The molecule has 0 fully saturated rings. The van der Waals surface area contributed by atoms with Gasteiger partial charge in [-0.2, -0.15) is 13.2 Å². The molecule has 10 heteroatoms. The number of pyridine rings is 3. The molecule has 0 N–H and O–H groups in total. The molecule has 0 unspecified atom stereocenters. The van der Waals surface area contributed by atoms with Gasteiger partial charge in [-0.1, -0.05) is 23.7 Å². The molecular formula is C29H27ClF3N3S3. The Balaban J connectivity index is 0.000000144. The van der Waals surface area contributed by atoms with Crippen molar-refractivity contribution in [2.24, 2.45) is 0 Å². The summed E-state index contributed by atoms with van der Waals surface area (Å²) in [6.07, 6.45) is 1.24. The Morgan fingerprint density at radius 2 is 1.44 bits per heavy atom. The largest absolute Gasteiger partial charge is 0.433 e. The SMILES string of the molecule is Cc1cc(Cl)c(C)s1.Cc1cc2cccnc2s1.Cc1cc2cnccc2s1.Cc1cccc(C(F)(F)F)n1. The minimum absolute atomic E-state index is 0.375. The van der Waals surface area contributed by atoms with Crippen molar-refractivity contribution in [2.45, 2.75) is 40.8 Å². The van der Waals surface area contributed by atoms with E-state index in [4.69, 9.17) is 11.6 Å². The summed E-state index contributed by atoms with van der Waals surface area (Å²) in [5, 5.41) is 3.41. The highest BCUT2D eigenvalue weighted by Gasteiger charge is 2.32. The summed E-state index contributed by atoms with van der Waals surface area (Å²) in [6, 6.07) is 16.2. The molecule has 0 aliphatic heterocycles. The number of hydrogen-bond donors (Lipinski definition) is 0. The predicted molar refractivity (Wildman–Crippen MR) is 161 cm³/mol. The molecule has 6 rings (SSSR count). The fourth-order valence-electron chi connectivity index (χ4n) is 3.32. The quantitative estimate of drug-likeness (QED) is 0.173. The average molecular weight is 606 g/mol. The smallest absolute Gasteiger partial charge is 0.264 e. The third kappa shape index (κ3) is 9.69. The van der Waals surface area contributed by atoms with Crippen molar-refractivity contribution >= 4 is 65.9 Å². The van der Waals surface area contributed by atoms with E-state index >= 15 is 0 Å². The van der Waals surface area contributed by atoms with Crippen LogP contribution in [0, 0.1) is 34.6 Å². The molecule has 0 amide bonds. The number of fused-ring (bicyclic) bond motifs is 2. The van der Waals surface area contributed by atoms with Crippen molar-refractivity contribution in [1.82, 2.24) is 15.0 Å². The van der Waals surface area contributed by atoms with E-state index in [2.05, 4.69) is 53.9 Å². The lowest BCUT2D eigenvalue weighted by molar-refractivity contribution is -0.141. The second-order valence-electron chi connectivity index (χ2n) is 8.45. The molecule has 0 radical (unpaired) electrons. The van der Waals surface area contributed by atoms with Gasteiger partial charge in [0.05, 0.1) is 5.02 Å². The number of hydrogen-bond acceptors (Lipinski definition) is 6. The van der Waals surface area contributed by atoms with Crippen LogP contribution in [0.3, 0.4) is 0 Å². The lowest BCUT2D eigenvalue weighted by Gasteiger charge is -2.04. The Labute approximate surface area is 243 Å². The van der Waals surface area contributed by atoms with Gasteiger partial charge in [-0.3, -0.25) is 4.98 Å². The number of rotatable bonds is 0. The highest BCUT2D eigenvalue weighted by Crippen LogP contribution is 2.27. The van der Waals surface area contributed by atoms with E-state index in [0.717, 1.165) is 15.9 Å². The first-order chi connectivity index (χ1) is 18.4. The minimum Gasteiger partial charge on any atom is -0.264 e. The van der Waals surface area contributed by atoms with Crippen molar-refractivity contribution in [2.75, 3.05) is 0 Å². The van der Waals surface area contributed by atoms with Crippen LogP contribution >= 0.6 is 45.6 Å². The first-order valence-electron chi connectivity index (χ1n) is 11.8. The van der Waals surface area contributed by atoms with E-state index in [-0.39, 0.29) is 0 Å². The van der Waals surface area contributed by atoms with E-state index in [1.165, 1.54) is 54.0 Å². The third-order valence-corrected chi connectivity index (χ3v) is 8.49. The highest BCUT2D eigenvalue weighted by atomic mass is 35.5. The molecule has 3 nitrogen and oxygen atoms in total. The lowest BCUT2D eigenvalue weighted by Crippen LogP contribution is -2.07. The Bertz CT molecular complexity index is 1480. The normalized spacial score (nSPS) is 10.7. The fourth-order valence-corrected chi connectivity index (χ4v) is 6.22. The van der Waals surface area contributed by atoms with Gasteiger partial charge in [-0.15, -0.1) is 34.0 Å². The zero-order chi connectivity index (χ0) is 28.6. The monoisotopic (exact) mass is 605 g/mol. The molecule has 6 aromatic heterocycles. The summed E-state index contributed by atoms with van der Waals surface area (Å²) in [4.78, 5) is 17.9. The van der Waals surface area contributed by atoms with Gasteiger partial charge in [-0.25, -0.2) is 9.97 Å². The number of nitrogens with zero attached hydrogens (tertiary/aromatic N) is 3. The van der Waals surface area contributed by atoms with Crippen LogP contribution in [0.4, 0.5) is 13.2 Å².